The van der Waals surface area contributed by atoms with E-state index in [9.17, 15) is 4.79 Å². The van der Waals surface area contributed by atoms with E-state index in [1.165, 1.54) is 30.8 Å². The summed E-state index contributed by atoms with van der Waals surface area (Å²) in [5.41, 5.74) is 0.818. The summed E-state index contributed by atoms with van der Waals surface area (Å²) < 4.78 is 0. The van der Waals surface area contributed by atoms with Gasteiger partial charge in [-0.25, -0.2) is 4.79 Å². The van der Waals surface area contributed by atoms with Gasteiger partial charge in [0.05, 0.1) is 24.0 Å². The molecule has 5 heteroatoms. The van der Waals surface area contributed by atoms with Crippen molar-refractivity contribution in [3.63, 3.8) is 0 Å². The first-order chi connectivity index (χ1) is 11.2. The lowest BCUT2D eigenvalue weighted by molar-refractivity contribution is -0.920. The van der Waals surface area contributed by atoms with E-state index < -0.39 is 0 Å². The predicted octanol–water partition coefficient (Wildman–Crippen LogP) is 2.68. The number of carbonyl (C=O) groups is 1. The van der Waals surface area contributed by atoms with Gasteiger partial charge in [0.15, 0.2) is 0 Å². The van der Waals surface area contributed by atoms with Crippen molar-refractivity contribution in [3.05, 3.63) is 52.7 Å². The van der Waals surface area contributed by atoms with Crippen LogP contribution in [-0.4, -0.2) is 25.2 Å². The summed E-state index contributed by atoms with van der Waals surface area (Å²) in [5.74, 6) is 0. The van der Waals surface area contributed by atoms with Crippen LogP contribution < -0.4 is 15.5 Å². The number of para-hydroxylation sites is 1. The second-order valence-corrected chi connectivity index (χ2v) is 7.09. The molecule has 0 unspecified atom stereocenters. The number of carbonyl (C=O) groups excluding carboxylic acids is 1. The molecule has 2 atom stereocenters. The first-order valence-corrected chi connectivity index (χ1v) is 9.12. The lowest BCUT2D eigenvalue weighted by Gasteiger charge is -2.29. The molecule has 1 aliphatic rings. The van der Waals surface area contributed by atoms with Gasteiger partial charge in [-0.05, 0) is 30.5 Å². The number of nitrogens with one attached hydrogen (secondary N) is 3. The number of likely N-dealkylation sites (tertiary alicyclic amines) is 1. The Morgan fingerprint density at radius 1 is 1.13 bits per heavy atom. The Hall–Kier alpha value is -1.85. The Balaban J connectivity index is 1.66. The van der Waals surface area contributed by atoms with Crippen molar-refractivity contribution in [2.45, 2.75) is 31.8 Å². The first-order valence-electron chi connectivity index (χ1n) is 8.24. The number of hydrogen-bond acceptors (Lipinski definition) is 2. The Kier molecular flexibility index (Phi) is 5.31. The van der Waals surface area contributed by atoms with Gasteiger partial charge in [-0.1, -0.05) is 24.3 Å². The van der Waals surface area contributed by atoms with Crippen LogP contribution in [0.4, 0.5) is 10.5 Å². The van der Waals surface area contributed by atoms with Crippen LogP contribution in [0.1, 0.15) is 30.7 Å². The van der Waals surface area contributed by atoms with Crippen molar-refractivity contribution in [2.24, 2.45) is 0 Å². The first kappa shape index (κ1) is 16.0. The number of amides is 2. The van der Waals surface area contributed by atoms with Crippen LogP contribution in [0.15, 0.2) is 47.8 Å². The SMILES string of the molecule is C[C@H](NC(=O)Nc1ccccc1)[C@H](c1cccs1)[NH+]1CCCC1. The molecule has 0 bridgehead atoms. The standard InChI is InChI=1S/C18H23N3OS/c1-14(19-18(22)20-15-8-3-2-4-9-15)17(16-10-7-13-23-16)21-11-5-6-12-21/h2-4,7-10,13-14,17H,5-6,11-12H2,1H3,(H2,19,20,22)/p+1/t14-,17+/m0/s1. The molecule has 2 amide bonds. The zero-order valence-corrected chi connectivity index (χ0v) is 14.2. The van der Waals surface area contributed by atoms with Crippen LogP contribution in [0, 0.1) is 0 Å². The fourth-order valence-corrected chi connectivity index (χ4v) is 4.38. The summed E-state index contributed by atoms with van der Waals surface area (Å²) in [6.07, 6.45) is 2.56. The van der Waals surface area contributed by atoms with Crippen LogP contribution >= 0.6 is 11.3 Å². The molecule has 1 aliphatic heterocycles. The number of thiophene rings is 1. The molecule has 3 N–H and O–H groups in total. The van der Waals surface area contributed by atoms with Gasteiger partial charge in [-0.2, -0.15) is 0 Å². The molecule has 0 spiro atoms. The summed E-state index contributed by atoms with van der Waals surface area (Å²) in [6.45, 7) is 4.49. The van der Waals surface area contributed by atoms with Gasteiger partial charge in [0.25, 0.3) is 0 Å². The molecule has 4 nitrogen and oxygen atoms in total. The van der Waals surface area contributed by atoms with Crippen molar-refractivity contribution in [1.29, 1.82) is 0 Å². The number of urea groups is 1. The molecule has 23 heavy (non-hydrogen) atoms. The molecule has 1 aromatic heterocycles. The number of hydrogen-bond donors (Lipinski definition) is 3. The minimum absolute atomic E-state index is 0.0884. The van der Waals surface area contributed by atoms with Gasteiger partial charge in [-0.3, -0.25) is 0 Å². The molecule has 1 aromatic carbocycles. The van der Waals surface area contributed by atoms with Crippen LogP contribution in [0.2, 0.25) is 0 Å². The molecular weight excluding hydrogens is 306 g/mol. The third-order valence-corrected chi connectivity index (χ3v) is 5.38. The van der Waals surface area contributed by atoms with E-state index in [1.807, 2.05) is 30.3 Å². The van der Waals surface area contributed by atoms with E-state index in [4.69, 9.17) is 0 Å². The topological polar surface area (TPSA) is 45.6 Å². The van der Waals surface area contributed by atoms with Gasteiger partial charge in [-0.15, -0.1) is 11.3 Å². The quantitative estimate of drug-likeness (QED) is 0.775. The minimum Gasteiger partial charge on any atom is -0.329 e. The van der Waals surface area contributed by atoms with Crippen molar-refractivity contribution in [2.75, 3.05) is 18.4 Å². The second kappa shape index (κ2) is 7.62. The van der Waals surface area contributed by atoms with Gasteiger partial charge in [0.1, 0.15) is 6.04 Å². The molecule has 0 saturated carbocycles. The van der Waals surface area contributed by atoms with Crippen molar-refractivity contribution in [1.82, 2.24) is 5.32 Å². The number of anilines is 1. The molecular formula is C18H24N3OS+. The smallest absolute Gasteiger partial charge is 0.319 e. The van der Waals surface area contributed by atoms with E-state index in [2.05, 4.69) is 35.1 Å². The molecule has 3 rings (SSSR count). The Labute approximate surface area is 141 Å². The van der Waals surface area contributed by atoms with Crippen LogP contribution in [0.3, 0.4) is 0 Å². The zero-order valence-electron chi connectivity index (χ0n) is 13.4. The van der Waals surface area contributed by atoms with Gasteiger partial charge in [0.2, 0.25) is 0 Å². The van der Waals surface area contributed by atoms with Crippen LogP contribution in [0.25, 0.3) is 0 Å². The molecule has 0 radical (unpaired) electrons. The van der Waals surface area contributed by atoms with E-state index in [0.717, 1.165) is 5.69 Å². The van der Waals surface area contributed by atoms with E-state index in [1.54, 1.807) is 16.2 Å². The average molecular weight is 330 g/mol. The Morgan fingerprint density at radius 3 is 2.52 bits per heavy atom. The largest absolute Gasteiger partial charge is 0.329 e. The summed E-state index contributed by atoms with van der Waals surface area (Å²) in [6, 6.07) is 14.1. The molecule has 1 fully saturated rings. The third-order valence-electron chi connectivity index (χ3n) is 4.43. The predicted molar refractivity (Wildman–Crippen MR) is 95.0 cm³/mol. The maximum absolute atomic E-state index is 12.3. The number of benzene rings is 1. The molecule has 1 saturated heterocycles. The molecule has 2 heterocycles. The second-order valence-electron chi connectivity index (χ2n) is 6.11. The lowest BCUT2D eigenvalue weighted by Crippen LogP contribution is -3.11. The summed E-state index contributed by atoms with van der Waals surface area (Å²) in [5, 5.41) is 8.16. The highest BCUT2D eigenvalue weighted by Gasteiger charge is 2.33. The van der Waals surface area contributed by atoms with Crippen LogP contribution in [-0.2, 0) is 0 Å². The van der Waals surface area contributed by atoms with Crippen molar-refractivity contribution >= 4 is 23.1 Å². The van der Waals surface area contributed by atoms with Gasteiger partial charge < -0.3 is 15.5 Å². The molecule has 2 aromatic rings. The van der Waals surface area contributed by atoms with E-state index >= 15 is 0 Å². The third kappa shape index (κ3) is 4.12. The van der Waals surface area contributed by atoms with Crippen molar-refractivity contribution in [3.8, 4) is 0 Å². The summed E-state index contributed by atoms with van der Waals surface area (Å²) >= 11 is 1.78. The molecule has 122 valence electrons. The highest BCUT2D eigenvalue weighted by atomic mass is 32.1. The zero-order chi connectivity index (χ0) is 16.1. The minimum atomic E-state index is -0.135. The average Bonchev–Trinajstić information content (AvgIpc) is 3.22. The van der Waals surface area contributed by atoms with Gasteiger partial charge >= 0.3 is 6.03 Å². The molecule has 0 aliphatic carbocycles. The number of rotatable bonds is 5. The van der Waals surface area contributed by atoms with Gasteiger partial charge in [0, 0.05) is 18.5 Å². The fraction of sp³-hybridized carbons (Fsp3) is 0.389. The summed E-state index contributed by atoms with van der Waals surface area (Å²) in [4.78, 5) is 15.2. The number of quaternary nitrogens is 1. The monoisotopic (exact) mass is 330 g/mol. The Morgan fingerprint density at radius 2 is 1.87 bits per heavy atom. The van der Waals surface area contributed by atoms with Crippen LogP contribution in [0.5, 0.6) is 0 Å². The maximum atomic E-state index is 12.3. The maximum Gasteiger partial charge on any atom is 0.319 e. The highest BCUT2D eigenvalue weighted by Crippen LogP contribution is 2.21. The van der Waals surface area contributed by atoms with E-state index in [-0.39, 0.29) is 12.1 Å². The van der Waals surface area contributed by atoms with Crippen molar-refractivity contribution < 1.29 is 9.69 Å². The Bertz CT molecular complexity index is 608. The normalized spacial score (nSPS) is 17.6. The highest BCUT2D eigenvalue weighted by molar-refractivity contribution is 7.10. The summed E-state index contributed by atoms with van der Waals surface area (Å²) in [7, 11) is 0. The lowest BCUT2D eigenvalue weighted by atomic mass is 10.1. The van der Waals surface area contributed by atoms with E-state index in [0.29, 0.717) is 6.04 Å². The fourth-order valence-electron chi connectivity index (χ4n) is 3.39.